The summed E-state index contributed by atoms with van der Waals surface area (Å²) in [5, 5.41) is 18.2. The van der Waals surface area contributed by atoms with Crippen molar-refractivity contribution < 1.29 is 19.2 Å². The fourth-order valence-corrected chi connectivity index (χ4v) is 2.41. The number of nitrogens with zero attached hydrogens (tertiary/aromatic N) is 3. The van der Waals surface area contributed by atoms with Crippen LogP contribution in [-0.2, 0) is 4.74 Å². The average molecular weight is 374 g/mol. The zero-order valence-corrected chi connectivity index (χ0v) is 13.0. The molecule has 0 radical (unpaired) electrons. The molecule has 1 aromatic heterocycles. The zero-order valence-electron chi connectivity index (χ0n) is 10.6. The number of halogens is 1. The van der Waals surface area contributed by atoms with Crippen LogP contribution >= 0.6 is 27.3 Å². The fourth-order valence-electron chi connectivity index (χ4n) is 1.34. The Labute approximate surface area is 131 Å². The summed E-state index contributed by atoms with van der Waals surface area (Å²) in [6, 6.07) is 4.13. The quantitative estimate of drug-likeness (QED) is 0.450. The van der Waals surface area contributed by atoms with Gasteiger partial charge in [0.1, 0.15) is 5.75 Å². The van der Waals surface area contributed by atoms with Crippen LogP contribution in [0.1, 0.15) is 16.7 Å². The largest absolute Gasteiger partial charge is 0.461 e. The SMILES string of the molecule is CCOC(=O)c1nnc(Oc2cc(Br)cc([N+](=O)[O-])c2)s1. The molecular weight excluding hydrogens is 366 g/mol. The van der Waals surface area contributed by atoms with Gasteiger partial charge in [-0.1, -0.05) is 21.0 Å². The van der Waals surface area contributed by atoms with Crippen LogP contribution in [0.5, 0.6) is 10.9 Å². The van der Waals surface area contributed by atoms with E-state index < -0.39 is 10.9 Å². The molecule has 0 saturated carbocycles. The summed E-state index contributed by atoms with van der Waals surface area (Å²) in [5.41, 5.74) is -0.130. The van der Waals surface area contributed by atoms with E-state index >= 15 is 0 Å². The van der Waals surface area contributed by atoms with Crippen molar-refractivity contribution in [1.82, 2.24) is 10.2 Å². The Morgan fingerprint density at radius 2 is 2.19 bits per heavy atom. The van der Waals surface area contributed by atoms with E-state index in [4.69, 9.17) is 9.47 Å². The summed E-state index contributed by atoms with van der Waals surface area (Å²) < 4.78 is 10.6. The maximum atomic E-state index is 11.4. The molecule has 8 nitrogen and oxygen atoms in total. The zero-order chi connectivity index (χ0) is 15.4. The first-order valence-corrected chi connectivity index (χ1v) is 7.24. The van der Waals surface area contributed by atoms with Gasteiger partial charge in [0, 0.05) is 10.5 Å². The minimum atomic E-state index is -0.593. The molecule has 0 bridgehead atoms. The highest BCUT2D eigenvalue weighted by molar-refractivity contribution is 9.10. The Bertz CT molecular complexity index is 690. The van der Waals surface area contributed by atoms with E-state index in [0.29, 0.717) is 4.47 Å². The normalized spacial score (nSPS) is 10.2. The van der Waals surface area contributed by atoms with Gasteiger partial charge in [-0.25, -0.2) is 4.79 Å². The molecule has 1 heterocycles. The number of nitro groups is 1. The standard InChI is InChI=1S/C11H8BrN3O5S/c1-2-19-10(16)9-13-14-11(21-9)20-8-4-6(12)3-7(5-8)15(17)18/h3-5H,2H2,1H3. The number of esters is 1. The molecule has 0 saturated heterocycles. The van der Waals surface area contributed by atoms with Gasteiger partial charge in [0.15, 0.2) is 0 Å². The van der Waals surface area contributed by atoms with Crippen LogP contribution in [0.15, 0.2) is 22.7 Å². The van der Waals surface area contributed by atoms with Crippen LogP contribution < -0.4 is 4.74 Å². The number of ether oxygens (including phenoxy) is 2. The summed E-state index contributed by atoms with van der Waals surface area (Å²) in [6.45, 7) is 1.91. The third kappa shape index (κ3) is 3.95. The number of hydrogen-bond acceptors (Lipinski definition) is 8. The lowest BCUT2D eigenvalue weighted by Crippen LogP contribution is -2.03. The molecule has 0 aliphatic rings. The molecule has 110 valence electrons. The number of rotatable bonds is 5. The minimum Gasteiger partial charge on any atom is -0.461 e. The van der Waals surface area contributed by atoms with Crippen molar-refractivity contribution in [3.05, 3.63) is 37.8 Å². The van der Waals surface area contributed by atoms with Crippen molar-refractivity contribution in [2.45, 2.75) is 6.92 Å². The highest BCUT2D eigenvalue weighted by Gasteiger charge is 2.16. The minimum absolute atomic E-state index is 0.0522. The number of aromatic nitrogens is 2. The summed E-state index contributed by atoms with van der Waals surface area (Å²) in [4.78, 5) is 21.7. The monoisotopic (exact) mass is 373 g/mol. The summed E-state index contributed by atoms with van der Waals surface area (Å²) in [6.07, 6.45) is 0. The van der Waals surface area contributed by atoms with E-state index in [-0.39, 0.29) is 28.2 Å². The lowest BCUT2D eigenvalue weighted by Gasteiger charge is -2.01. The fraction of sp³-hybridized carbons (Fsp3) is 0.182. The first kappa shape index (κ1) is 15.3. The number of hydrogen-bond donors (Lipinski definition) is 0. The van der Waals surface area contributed by atoms with E-state index in [9.17, 15) is 14.9 Å². The van der Waals surface area contributed by atoms with E-state index in [1.54, 1.807) is 13.0 Å². The van der Waals surface area contributed by atoms with Crippen molar-refractivity contribution in [1.29, 1.82) is 0 Å². The molecule has 0 spiro atoms. The first-order valence-electron chi connectivity index (χ1n) is 5.63. The van der Waals surface area contributed by atoms with Gasteiger partial charge < -0.3 is 9.47 Å². The molecule has 0 fully saturated rings. The summed E-state index contributed by atoms with van der Waals surface area (Å²) >= 11 is 4.04. The number of non-ortho nitro benzene ring substituents is 1. The highest BCUT2D eigenvalue weighted by atomic mass is 79.9. The van der Waals surface area contributed by atoms with Crippen molar-refractivity contribution in [2.75, 3.05) is 6.61 Å². The van der Waals surface area contributed by atoms with Crippen LogP contribution in [0.2, 0.25) is 0 Å². The third-order valence-corrected chi connectivity index (χ3v) is 3.37. The Morgan fingerprint density at radius 1 is 1.43 bits per heavy atom. The van der Waals surface area contributed by atoms with Crippen LogP contribution in [0.4, 0.5) is 5.69 Å². The van der Waals surface area contributed by atoms with Crippen molar-refractivity contribution in [3.63, 3.8) is 0 Å². The van der Waals surface area contributed by atoms with E-state index in [0.717, 1.165) is 11.3 Å². The van der Waals surface area contributed by atoms with Gasteiger partial charge in [0.25, 0.3) is 10.9 Å². The molecule has 0 amide bonds. The maximum Gasteiger partial charge on any atom is 0.369 e. The number of benzene rings is 1. The average Bonchev–Trinajstić information content (AvgIpc) is 2.87. The van der Waals surface area contributed by atoms with Crippen molar-refractivity contribution in [2.24, 2.45) is 0 Å². The molecule has 1 aromatic carbocycles. The Hall–Kier alpha value is -2.07. The molecule has 0 N–H and O–H groups in total. The van der Waals surface area contributed by atoms with Crippen molar-refractivity contribution >= 4 is 38.9 Å². The smallest absolute Gasteiger partial charge is 0.369 e. The van der Waals surface area contributed by atoms with Crippen LogP contribution in [-0.4, -0.2) is 27.7 Å². The first-order chi connectivity index (χ1) is 9.99. The molecule has 21 heavy (non-hydrogen) atoms. The maximum absolute atomic E-state index is 11.4. The number of nitro benzene ring substituents is 1. The lowest BCUT2D eigenvalue weighted by molar-refractivity contribution is -0.385. The highest BCUT2D eigenvalue weighted by Crippen LogP contribution is 2.31. The number of carbonyl (C=O) groups is 1. The molecule has 10 heteroatoms. The second kappa shape index (κ2) is 6.59. The Balaban J connectivity index is 2.19. The lowest BCUT2D eigenvalue weighted by atomic mass is 10.3. The Kier molecular flexibility index (Phi) is 4.81. The van der Waals surface area contributed by atoms with Gasteiger partial charge in [-0.15, -0.1) is 5.10 Å². The molecule has 2 aromatic rings. The second-order valence-electron chi connectivity index (χ2n) is 3.60. The van der Waals surface area contributed by atoms with Gasteiger partial charge in [0.2, 0.25) is 5.01 Å². The van der Waals surface area contributed by atoms with Crippen LogP contribution in [0, 0.1) is 10.1 Å². The van der Waals surface area contributed by atoms with Gasteiger partial charge in [0.05, 0.1) is 17.6 Å². The van der Waals surface area contributed by atoms with Gasteiger partial charge in [-0.2, -0.15) is 0 Å². The predicted octanol–water partition coefficient (Wildman–Crippen LogP) is 3.18. The van der Waals surface area contributed by atoms with E-state index in [1.165, 1.54) is 12.1 Å². The van der Waals surface area contributed by atoms with Gasteiger partial charge in [-0.05, 0) is 24.3 Å². The predicted molar refractivity (Wildman–Crippen MR) is 76.7 cm³/mol. The summed E-state index contributed by atoms with van der Waals surface area (Å²) in [5.74, 6) is -0.382. The van der Waals surface area contributed by atoms with E-state index in [1.807, 2.05) is 0 Å². The third-order valence-electron chi connectivity index (χ3n) is 2.13. The molecular formula is C11H8BrN3O5S. The van der Waals surface area contributed by atoms with Crippen LogP contribution in [0.25, 0.3) is 0 Å². The van der Waals surface area contributed by atoms with Crippen LogP contribution in [0.3, 0.4) is 0 Å². The van der Waals surface area contributed by atoms with Gasteiger partial charge in [-0.3, -0.25) is 10.1 Å². The van der Waals surface area contributed by atoms with E-state index in [2.05, 4.69) is 26.1 Å². The molecule has 0 unspecified atom stereocenters. The Morgan fingerprint density at radius 3 is 2.86 bits per heavy atom. The number of carbonyl (C=O) groups excluding carboxylic acids is 1. The molecule has 2 rings (SSSR count). The molecule has 0 aliphatic heterocycles. The summed E-state index contributed by atoms with van der Waals surface area (Å²) in [7, 11) is 0. The molecule has 0 aliphatic carbocycles. The topological polar surface area (TPSA) is 104 Å². The van der Waals surface area contributed by atoms with Gasteiger partial charge >= 0.3 is 5.97 Å². The van der Waals surface area contributed by atoms with Crippen molar-refractivity contribution in [3.8, 4) is 10.9 Å². The second-order valence-corrected chi connectivity index (χ2v) is 5.45. The molecule has 0 atom stereocenters.